The summed E-state index contributed by atoms with van der Waals surface area (Å²) in [4.78, 5) is 2.65. The van der Waals surface area contributed by atoms with Crippen molar-refractivity contribution in [2.75, 3.05) is 13.1 Å². The first-order valence-electron chi connectivity index (χ1n) is 8.58. The van der Waals surface area contributed by atoms with Crippen molar-refractivity contribution >= 4 is 16.1 Å². The van der Waals surface area contributed by atoms with Crippen molar-refractivity contribution in [2.24, 2.45) is 0 Å². The van der Waals surface area contributed by atoms with Crippen molar-refractivity contribution in [1.82, 2.24) is 4.90 Å². The molecule has 122 valence electrons. The minimum atomic E-state index is -1.03. The maximum absolute atomic E-state index is 2.65. The van der Waals surface area contributed by atoms with E-state index in [1.165, 1.54) is 30.7 Å². The number of benzene rings is 1. The molecule has 0 aliphatic carbocycles. The fourth-order valence-electron chi connectivity index (χ4n) is 3.41. The smallest absolute Gasteiger partial charge is 0.0483 e. The van der Waals surface area contributed by atoms with Gasteiger partial charge in [0.2, 0.25) is 0 Å². The lowest BCUT2D eigenvalue weighted by molar-refractivity contribution is 0.337. The number of nitrogens with zero attached hydrogens (tertiary/aromatic N) is 1. The van der Waals surface area contributed by atoms with Crippen LogP contribution in [0.15, 0.2) is 41.5 Å². The van der Waals surface area contributed by atoms with E-state index in [0.29, 0.717) is 0 Å². The van der Waals surface area contributed by atoms with Crippen molar-refractivity contribution in [2.45, 2.75) is 57.9 Å². The van der Waals surface area contributed by atoms with E-state index in [4.69, 9.17) is 0 Å². The highest BCUT2D eigenvalue weighted by Crippen LogP contribution is 2.31. The molecule has 1 aromatic carbocycles. The number of hydrogen-bond acceptors (Lipinski definition) is 1. The molecule has 2 rings (SSSR count). The molecule has 22 heavy (non-hydrogen) atoms. The average Bonchev–Trinajstić information content (AvgIpc) is 2.67. The quantitative estimate of drug-likeness (QED) is 0.493. The Kier molecular flexibility index (Phi) is 5.51. The van der Waals surface area contributed by atoms with Gasteiger partial charge < -0.3 is 0 Å². The van der Waals surface area contributed by atoms with Crippen LogP contribution in [-0.4, -0.2) is 34.1 Å². The van der Waals surface area contributed by atoms with Crippen LogP contribution in [0, 0.1) is 0 Å². The first kappa shape index (κ1) is 17.7. The van der Waals surface area contributed by atoms with E-state index >= 15 is 0 Å². The number of hydrogen-bond donors (Lipinski definition) is 0. The second kappa shape index (κ2) is 6.85. The molecule has 0 atom stereocenters. The predicted octanol–water partition coefficient (Wildman–Crippen LogP) is 5.48. The van der Waals surface area contributed by atoms with E-state index in [9.17, 15) is 0 Å². The molecule has 0 saturated heterocycles. The molecule has 1 aromatic rings. The van der Waals surface area contributed by atoms with Gasteiger partial charge in [-0.1, -0.05) is 80.8 Å². The molecule has 0 radical (unpaired) electrons. The van der Waals surface area contributed by atoms with Crippen LogP contribution in [0.5, 0.6) is 0 Å². The summed E-state index contributed by atoms with van der Waals surface area (Å²) in [5, 5.41) is 0. The highest BCUT2D eigenvalue weighted by Gasteiger charge is 2.28. The second-order valence-electron chi connectivity index (χ2n) is 9.31. The minimum absolute atomic E-state index is 1.03. The van der Waals surface area contributed by atoms with Crippen LogP contribution in [0.3, 0.4) is 0 Å². The Morgan fingerprint density at radius 2 is 1.23 bits per heavy atom. The summed E-state index contributed by atoms with van der Waals surface area (Å²) < 4.78 is 0. The Morgan fingerprint density at radius 3 is 1.64 bits per heavy atom. The van der Waals surface area contributed by atoms with Gasteiger partial charge in [0.05, 0.1) is 0 Å². The van der Waals surface area contributed by atoms with Crippen molar-refractivity contribution in [3.8, 4) is 0 Å². The molecule has 1 heterocycles. The van der Waals surface area contributed by atoms with Crippen LogP contribution in [0.2, 0.25) is 51.4 Å². The van der Waals surface area contributed by atoms with E-state index in [0.717, 1.165) is 6.54 Å². The van der Waals surface area contributed by atoms with Crippen molar-refractivity contribution in [3.63, 3.8) is 0 Å². The Hall–Kier alpha value is -0.646. The third-order valence-corrected chi connectivity index (χ3v) is 7.04. The molecule has 1 aliphatic rings. The van der Waals surface area contributed by atoms with Gasteiger partial charge >= 0.3 is 0 Å². The summed E-state index contributed by atoms with van der Waals surface area (Å²) in [5.74, 6) is 0. The topological polar surface area (TPSA) is 3.24 Å². The van der Waals surface area contributed by atoms with E-state index in [2.05, 4.69) is 74.5 Å². The minimum Gasteiger partial charge on any atom is -0.291 e. The normalized spacial score (nSPS) is 17.4. The Labute approximate surface area is 139 Å². The molecule has 1 nitrogen and oxygen atoms in total. The van der Waals surface area contributed by atoms with Crippen LogP contribution in [0.1, 0.15) is 5.56 Å². The summed E-state index contributed by atoms with van der Waals surface area (Å²) >= 11 is 0. The summed E-state index contributed by atoms with van der Waals surface area (Å²) in [6, 6.07) is 13.7. The zero-order chi connectivity index (χ0) is 16.4. The Morgan fingerprint density at radius 1 is 0.773 bits per heavy atom. The molecule has 0 fully saturated rings. The maximum atomic E-state index is 2.65. The predicted molar refractivity (Wildman–Crippen MR) is 105 cm³/mol. The molecular weight excluding hydrogens is 298 g/mol. The zero-order valence-electron chi connectivity index (χ0n) is 15.4. The fourth-order valence-corrected chi connectivity index (χ4v) is 6.70. The molecule has 0 saturated carbocycles. The fraction of sp³-hybridized carbons (Fsp3) is 0.579. The molecule has 0 N–H and O–H groups in total. The lowest BCUT2D eigenvalue weighted by Gasteiger charge is -2.21. The SMILES string of the molecule is C[Si](C)(C)CC1=C(C[Si](C)(C)C)CN(Cc2ccccc2)C1. The third kappa shape index (κ3) is 5.86. The van der Waals surface area contributed by atoms with Gasteiger partial charge in [0.15, 0.2) is 0 Å². The third-order valence-electron chi connectivity index (χ3n) is 4.07. The summed E-state index contributed by atoms with van der Waals surface area (Å²) in [6.07, 6.45) is 0. The molecule has 0 spiro atoms. The molecule has 0 aromatic heterocycles. The first-order valence-corrected chi connectivity index (χ1v) is 16.0. The average molecular weight is 332 g/mol. The van der Waals surface area contributed by atoms with Crippen molar-refractivity contribution in [1.29, 1.82) is 0 Å². The van der Waals surface area contributed by atoms with Crippen LogP contribution >= 0.6 is 0 Å². The molecule has 3 heteroatoms. The van der Waals surface area contributed by atoms with Gasteiger partial charge in [0.1, 0.15) is 0 Å². The second-order valence-corrected chi connectivity index (χ2v) is 20.3. The van der Waals surface area contributed by atoms with Gasteiger partial charge in [0.25, 0.3) is 0 Å². The maximum Gasteiger partial charge on any atom is 0.0483 e. The van der Waals surface area contributed by atoms with Gasteiger partial charge in [-0.2, -0.15) is 0 Å². The van der Waals surface area contributed by atoms with Crippen molar-refractivity contribution < 1.29 is 0 Å². The summed E-state index contributed by atoms with van der Waals surface area (Å²) in [6.45, 7) is 18.6. The summed E-state index contributed by atoms with van der Waals surface area (Å²) in [7, 11) is -2.06. The van der Waals surface area contributed by atoms with Gasteiger partial charge in [-0.3, -0.25) is 4.90 Å². The van der Waals surface area contributed by atoms with Crippen LogP contribution < -0.4 is 0 Å². The lowest BCUT2D eigenvalue weighted by Crippen LogP contribution is -2.24. The molecule has 0 bridgehead atoms. The molecule has 0 unspecified atom stereocenters. The lowest BCUT2D eigenvalue weighted by atomic mass is 10.2. The van der Waals surface area contributed by atoms with Gasteiger partial charge in [-0.15, -0.1) is 0 Å². The molecule has 1 aliphatic heterocycles. The summed E-state index contributed by atoms with van der Waals surface area (Å²) in [5.41, 5.74) is 5.03. The van der Waals surface area contributed by atoms with E-state index in [1.54, 1.807) is 11.1 Å². The number of rotatable bonds is 6. The monoisotopic (exact) mass is 331 g/mol. The highest BCUT2D eigenvalue weighted by atomic mass is 28.3. The van der Waals surface area contributed by atoms with E-state index in [1.807, 2.05) is 0 Å². The van der Waals surface area contributed by atoms with Crippen LogP contribution in [-0.2, 0) is 6.54 Å². The van der Waals surface area contributed by atoms with E-state index in [-0.39, 0.29) is 0 Å². The molecule has 0 amide bonds. The van der Waals surface area contributed by atoms with Gasteiger partial charge in [-0.05, 0) is 17.7 Å². The zero-order valence-corrected chi connectivity index (χ0v) is 17.4. The van der Waals surface area contributed by atoms with E-state index < -0.39 is 16.1 Å². The van der Waals surface area contributed by atoms with Gasteiger partial charge in [-0.25, -0.2) is 0 Å². The Balaban J connectivity index is 2.09. The van der Waals surface area contributed by atoms with Crippen LogP contribution in [0.25, 0.3) is 0 Å². The highest BCUT2D eigenvalue weighted by molar-refractivity contribution is 6.77. The van der Waals surface area contributed by atoms with Crippen LogP contribution in [0.4, 0.5) is 0 Å². The standard InChI is InChI=1S/C19H33NSi2/c1-21(2,3)15-18-13-20(12-17-10-8-7-9-11-17)14-19(18)16-22(4,5)6/h7-11H,12-16H2,1-6H3. The Bertz CT molecular complexity index is 493. The van der Waals surface area contributed by atoms with Crippen molar-refractivity contribution in [3.05, 3.63) is 47.0 Å². The molecular formula is C19H33NSi2. The van der Waals surface area contributed by atoms with Gasteiger partial charge in [0, 0.05) is 35.8 Å². The largest absolute Gasteiger partial charge is 0.291 e. The first-order chi connectivity index (χ1) is 10.1.